The summed E-state index contributed by atoms with van der Waals surface area (Å²) in [5, 5.41) is 3.30. The van der Waals surface area contributed by atoms with Crippen LogP contribution in [-0.4, -0.2) is 61.1 Å². The number of rotatable bonds is 6. The minimum absolute atomic E-state index is 0.556. The Morgan fingerprint density at radius 1 is 1.24 bits per heavy atom. The highest BCUT2D eigenvalue weighted by atomic mass is 32.2. The molecule has 2 heterocycles. The maximum Gasteiger partial charge on any atom is 0.188 e. The first-order valence-electron chi connectivity index (χ1n) is 9.45. The number of likely N-dealkylation sites (N-methyl/N-ethyl adjacent to an activating group) is 1. The number of anilines is 1. The van der Waals surface area contributed by atoms with Crippen LogP contribution >= 0.6 is 11.8 Å². The fourth-order valence-electron chi connectivity index (χ4n) is 3.63. The van der Waals surface area contributed by atoms with E-state index in [0.717, 1.165) is 26.2 Å². The molecule has 0 aromatic heterocycles. The summed E-state index contributed by atoms with van der Waals surface area (Å²) in [6.45, 7) is 8.38. The van der Waals surface area contributed by atoms with Crippen molar-refractivity contribution in [3.63, 3.8) is 0 Å². The lowest BCUT2D eigenvalue weighted by Gasteiger charge is -2.28. The molecule has 1 aromatic rings. The maximum absolute atomic E-state index is 6.04. The molecule has 1 atom stereocenters. The Bertz CT molecular complexity index is 553. The van der Waals surface area contributed by atoms with Crippen molar-refractivity contribution in [3.8, 4) is 0 Å². The molecule has 1 aromatic carbocycles. The van der Waals surface area contributed by atoms with Crippen molar-refractivity contribution in [1.82, 2.24) is 10.2 Å². The maximum atomic E-state index is 6.04. The van der Waals surface area contributed by atoms with E-state index in [4.69, 9.17) is 5.73 Å². The van der Waals surface area contributed by atoms with Gasteiger partial charge >= 0.3 is 0 Å². The molecule has 2 aliphatic rings. The molecule has 3 N–H and O–H groups in total. The van der Waals surface area contributed by atoms with Crippen LogP contribution in [0.5, 0.6) is 0 Å². The summed E-state index contributed by atoms with van der Waals surface area (Å²) >= 11 is 2.04. The lowest BCUT2D eigenvalue weighted by molar-refractivity contribution is 0.267. The number of guanidine groups is 1. The van der Waals surface area contributed by atoms with Crippen LogP contribution < -0.4 is 16.0 Å². The predicted octanol–water partition coefficient (Wildman–Crippen LogP) is 2.13. The summed E-state index contributed by atoms with van der Waals surface area (Å²) < 4.78 is 0. The summed E-state index contributed by atoms with van der Waals surface area (Å²) in [6.07, 6.45) is 2.55. The Kier molecular flexibility index (Phi) is 6.87. The number of nitrogens with two attached hydrogens (primary N) is 1. The lowest BCUT2D eigenvalue weighted by atomic mass is 10.2. The molecule has 0 aliphatic carbocycles. The molecule has 3 rings (SSSR count). The Morgan fingerprint density at radius 2 is 2.00 bits per heavy atom. The summed E-state index contributed by atoms with van der Waals surface area (Å²) in [7, 11) is 0. The van der Waals surface area contributed by atoms with Crippen LogP contribution in [0, 0.1) is 0 Å². The third-order valence-corrected chi connectivity index (χ3v) is 6.11. The smallest absolute Gasteiger partial charge is 0.188 e. The van der Waals surface area contributed by atoms with Crippen LogP contribution in [0.25, 0.3) is 0 Å². The zero-order chi connectivity index (χ0) is 17.5. The van der Waals surface area contributed by atoms with E-state index in [1.54, 1.807) is 0 Å². The predicted molar refractivity (Wildman–Crippen MR) is 110 cm³/mol. The number of nitrogens with zero attached hydrogens (tertiary/aromatic N) is 3. The van der Waals surface area contributed by atoms with Crippen LogP contribution in [0.15, 0.2) is 29.3 Å². The second kappa shape index (κ2) is 9.34. The van der Waals surface area contributed by atoms with Gasteiger partial charge in [0, 0.05) is 42.9 Å². The van der Waals surface area contributed by atoms with Crippen LogP contribution in [0.1, 0.15) is 25.3 Å². The van der Waals surface area contributed by atoms with Crippen LogP contribution in [0.3, 0.4) is 0 Å². The molecule has 0 spiro atoms. The quantitative estimate of drug-likeness (QED) is 0.600. The highest BCUT2D eigenvalue weighted by molar-refractivity contribution is 7.99. The standard InChI is InChI=1S/C19H31N5S/c1-2-23-9-3-4-18(23)15-22-19(20)21-14-16-5-7-17(8-6-16)24-10-12-25-13-11-24/h5-8,18H,2-4,9-15H2,1H3,(H3,20,21,22). The summed E-state index contributed by atoms with van der Waals surface area (Å²) in [5.41, 5.74) is 8.57. The van der Waals surface area contributed by atoms with Crippen molar-refractivity contribution in [1.29, 1.82) is 0 Å². The second-order valence-corrected chi connectivity index (χ2v) is 8.00. The molecule has 0 bridgehead atoms. The fraction of sp³-hybridized carbons (Fsp3) is 0.632. The largest absolute Gasteiger partial charge is 0.370 e. The highest BCUT2D eigenvalue weighted by Gasteiger charge is 2.22. The van der Waals surface area contributed by atoms with Gasteiger partial charge in [-0.3, -0.25) is 4.90 Å². The third-order valence-electron chi connectivity index (χ3n) is 5.17. The van der Waals surface area contributed by atoms with E-state index in [1.165, 1.54) is 42.1 Å². The van der Waals surface area contributed by atoms with Crippen molar-refractivity contribution < 1.29 is 0 Å². The molecule has 0 amide bonds. The van der Waals surface area contributed by atoms with Gasteiger partial charge in [0.1, 0.15) is 0 Å². The minimum atomic E-state index is 0.556. The average Bonchev–Trinajstić information content (AvgIpc) is 3.13. The van der Waals surface area contributed by atoms with Crippen molar-refractivity contribution in [2.45, 2.75) is 32.4 Å². The molecule has 5 nitrogen and oxygen atoms in total. The van der Waals surface area contributed by atoms with E-state index >= 15 is 0 Å². The van der Waals surface area contributed by atoms with Gasteiger partial charge in [-0.2, -0.15) is 11.8 Å². The first-order chi connectivity index (χ1) is 12.3. The number of nitrogens with one attached hydrogen (secondary N) is 1. The van der Waals surface area contributed by atoms with E-state index < -0.39 is 0 Å². The molecule has 0 saturated carbocycles. The van der Waals surface area contributed by atoms with E-state index in [0.29, 0.717) is 18.5 Å². The lowest BCUT2D eigenvalue weighted by Crippen LogP contribution is -2.42. The van der Waals surface area contributed by atoms with Crippen molar-refractivity contribution in [2.75, 3.05) is 49.1 Å². The average molecular weight is 362 g/mol. The SMILES string of the molecule is CCN1CCCC1CNC(N)=NCc1ccc(N2CCSCC2)cc1. The van der Waals surface area contributed by atoms with E-state index in [9.17, 15) is 0 Å². The summed E-state index contributed by atoms with van der Waals surface area (Å²) in [5.74, 6) is 3.01. The van der Waals surface area contributed by atoms with Gasteiger partial charge < -0.3 is 16.0 Å². The van der Waals surface area contributed by atoms with Gasteiger partial charge in [-0.05, 0) is 43.6 Å². The first-order valence-corrected chi connectivity index (χ1v) is 10.6. The zero-order valence-electron chi connectivity index (χ0n) is 15.3. The van der Waals surface area contributed by atoms with Gasteiger partial charge in [0.25, 0.3) is 0 Å². The van der Waals surface area contributed by atoms with Gasteiger partial charge in [-0.15, -0.1) is 0 Å². The number of likely N-dealkylation sites (tertiary alicyclic amines) is 1. The molecular weight excluding hydrogens is 330 g/mol. The Morgan fingerprint density at radius 3 is 2.72 bits per heavy atom. The van der Waals surface area contributed by atoms with Crippen LogP contribution in [-0.2, 0) is 6.54 Å². The molecular formula is C19H31N5S. The van der Waals surface area contributed by atoms with Crippen molar-refractivity contribution in [2.24, 2.45) is 10.7 Å². The Balaban J connectivity index is 1.45. The number of hydrogen-bond donors (Lipinski definition) is 2. The van der Waals surface area contributed by atoms with E-state index in [2.05, 4.69) is 51.3 Å². The molecule has 2 aliphatic heterocycles. The van der Waals surface area contributed by atoms with Gasteiger partial charge in [0.2, 0.25) is 0 Å². The van der Waals surface area contributed by atoms with Gasteiger partial charge in [-0.1, -0.05) is 19.1 Å². The number of hydrogen-bond acceptors (Lipinski definition) is 4. The molecule has 2 fully saturated rings. The number of thioether (sulfide) groups is 1. The molecule has 6 heteroatoms. The molecule has 25 heavy (non-hydrogen) atoms. The minimum Gasteiger partial charge on any atom is -0.370 e. The fourth-order valence-corrected chi connectivity index (χ4v) is 4.53. The van der Waals surface area contributed by atoms with E-state index in [1.807, 2.05) is 11.8 Å². The Labute approximate surface area is 156 Å². The van der Waals surface area contributed by atoms with Gasteiger partial charge in [-0.25, -0.2) is 4.99 Å². The normalized spacial score (nSPS) is 22.4. The van der Waals surface area contributed by atoms with Gasteiger partial charge in [0.15, 0.2) is 5.96 Å². The van der Waals surface area contributed by atoms with Crippen molar-refractivity contribution >= 4 is 23.4 Å². The molecule has 2 saturated heterocycles. The first kappa shape index (κ1) is 18.4. The van der Waals surface area contributed by atoms with Crippen LogP contribution in [0.4, 0.5) is 5.69 Å². The van der Waals surface area contributed by atoms with Crippen LogP contribution in [0.2, 0.25) is 0 Å². The number of benzene rings is 1. The zero-order valence-corrected chi connectivity index (χ0v) is 16.1. The summed E-state index contributed by atoms with van der Waals surface area (Å²) in [6, 6.07) is 9.36. The highest BCUT2D eigenvalue weighted by Crippen LogP contribution is 2.20. The summed E-state index contributed by atoms with van der Waals surface area (Å²) in [4.78, 5) is 9.47. The molecule has 1 unspecified atom stereocenters. The molecule has 0 radical (unpaired) electrons. The van der Waals surface area contributed by atoms with Gasteiger partial charge in [0.05, 0.1) is 6.54 Å². The van der Waals surface area contributed by atoms with Crippen molar-refractivity contribution in [3.05, 3.63) is 29.8 Å². The third kappa shape index (κ3) is 5.28. The monoisotopic (exact) mass is 361 g/mol. The molecule has 138 valence electrons. The topological polar surface area (TPSA) is 56.9 Å². The van der Waals surface area contributed by atoms with E-state index in [-0.39, 0.29) is 0 Å². The number of aliphatic imine (C=N–C) groups is 1. The Hall–Kier alpha value is -1.40. The second-order valence-electron chi connectivity index (χ2n) is 6.77.